The van der Waals surface area contributed by atoms with Crippen LogP contribution in [0.2, 0.25) is 0 Å². The lowest BCUT2D eigenvalue weighted by Gasteiger charge is -2.20. The fourth-order valence-corrected chi connectivity index (χ4v) is 2.25. The number of likely N-dealkylation sites (N-methyl/N-ethyl adjacent to an activating group) is 1. The Hall–Kier alpha value is -1.56. The standard InChI is InChI=1S/C12H21N5O/c1-15(7-8-17-5-3-4-6-17)12(18)11-10(13)9-16(2)14-11/h9H,3-8,13H2,1-2H3. The second-order valence-corrected chi connectivity index (χ2v) is 4.88. The number of aryl methyl sites for hydroxylation is 1. The lowest BCUT2D eigenvalue weighted by molar-refractivity contribution is 0.0777. The highest BCUT2D eigenvalue weighted by atomic mass is 16.2. The number of amides is 1. The van der Waals surface area contributed by atoms with Gasteiger partial charge in [-0.3, -0.25) is 9.48 Å². The van der Waals surface area contributed by atoms with E-state index in [9.17, 15) is 4.79 Å². The van der Waals surface area contributed by atoms with Gasteiger partial charge in [0.25, 0.3) is 5.91 Å². The summed E-state index contributed by atoms with van der Waals surface area (Å²) in [4.78, 5) is 16.2. The third-order valence-corrected chi connectivity index (χ3v) is 3.36. The molecule has 0 spiro atoms. The molecule has 0 unspecified atom stereocenters. The van der Waals surface area contributed by atoms with Crippen molar-refractivity contribution in [2.45, 2.75) is 12.8 Å². The van der Waals surface area contributed by atoms with Crippen molar-refractivity contribution >= 4 is 11.6 Å². The van der Waals surface area contributed by atoms with Gasteiger partial charge in [-0.2, -0.15) is 5.10 Å². The summed E-state index contributed by atoms with van der Waals surface area (Å²) in [5, 5.41) is 4.10. The minimum Gasteiger partial charge on any atom is -0.396 e. The molecule has 0 atom stereocenters. The molecule has 2 heterocycles. The maximum absolute atomic E-state index is 12.1. The fraction of sp³-hybridized carbons (Fsp3) is 0.667. The summed E-state index contributed by atoms with van der Waals surface area (Å²) in [7, 11) is 3.56. The predicted octanol–water partition coefficient (Wildman–Crippen LogP) is 0.170. The van der Waals surface area contributed by atoms with Gasteiger partial charge in [-0.15, -0.1) is 0 Å². The number of anilines is 1. The average molecular weight is 251 g/mol. The Bertz CT molecular complexity index is 422. The molecule has 1 saturated heterocycles. The van der Waals surface area contributed by atoms with Crippen molar-refractivity contribution in [1.29, 1.82) is 0 Å². The Morgan fingerprint density at radius 3 is 2.72 bits per heavy atom. The van der Waals surface area contributed by atoms with Crippen LogP contribution in [-0.4, -0.2) is 58.7 Å². The average Bonchev–Trinajstić information content (AvgIpc) is 2.94. The SMILES string of the molecule is CN(CCN1CCCC1)C(=O)c1nn(C)cc1N. The van der Waals surface area contributed by atoms with Crippen LogP contribution in [0.25, 0.3) is 0 Å². The maximum Gasteiger partial charge on any atom is 0.276 e. The summed E-state index contributed by atoms with van der Waals surface area (Å²) >= 11 is 0. The predicted molar refractivity (Wildman–Crippen MR) is 70.3 cm³/mol. The molecule has 1 fully saturated rings. The number of nitrogens with two attached hydrogens (primary N) is 1. The van der Waals surface area contributed by atoms with Crippen LogP contribution in [-0.2, 0) is 7.05 Å². The van der Waals surface area contributed by atoms with Gasteiger partial charge in [0, 0.05) is 33.4 Å². The van der Waals surface area contributed by atoms with Crippen molar-refractivity contribution in [3.63, 3.8) is 0 Å². The van der Waals surface area contributed by atoms with Gasteiger partial charge in [-0.1, -0.05) is 0 Å². The van der Waals surface area contributed by atoms with E-state index in [2.05, 4.69) is 10.00 Å². The molecule has 18 heavy (non-hydrogen) atoms. The van der Waals surface area contributed by atoms with Gasteiger partial charge >= 0.3 is 0 Å². The molecule has 2 rings (SSSR count). The normalized spacial score (nSPS) is 16.1. The highest BCUT2D eigenvalue weighted by Crippen LogP contribution is 2.11. The number of rotatable bonds is 4. The topological polar surface area (TPSA) is 67.4 Å². The molecule has 100 valence electrons. The first-order valence-electron chi connectivity index (χ1n) is 6.35. The molecule has 0 bridgehead atoms. The number of likely N-dealkylation sites (tertiary alicyclic amines) is 1. The van der Waals surface area contributed by atoms with E-state index >= 15 is 0 Å². The fourth-order valence-electron chi connectivity index (χ4n) is 2.25. The van der Waals surface area contributed by atoms with E-state index in [4.69, 9.17) is 5.73 Å². The van der Waals surface area contributed by atoms with E-state index in [0.717, 1.165) is 26.2 Å². The van der Waals surface area contributed by atoms with Crippen LogP contribution in [0, 0.1) is 0 Å². The number of carbonyl (C=O) groups is 1. The number of nitrogen functional groups attached to an aromatic ring is 1. The Balaban J connectivity index is 1.89. The lowest BCUT2D eigenvalue weighted by Crippen LogP contribution is -2.35. The molecule has 1 amide bonds. The first kappa shape index (κ1) is 12.9. The van der Waals surface area contributed by atoms with Crippen LogP contribution in [0.3, 0.4) is 0 Å². The number of hydrogen-bond donors (Lipinski definition) is 1. The zero-order chi connectivity index (χ0) is 13.1. The molecular weight excluding hydrogens is 230 g/mol. The minimum absolute atomic E-state index is 0.104. The molecule has 0 saturated carbocycles. The number of aromatic nitrogens is 2. The van der Waals surface area contributed by atoms with E-state index in [1.807, 2.05) is 0 Å². The van der Waals surface area contributed by atoms with Gasteiger partial charge in [0.2, 0.25) is 0 Å². The molecule has 0 radical (unpaired) electrons. The minimum atomic E-state index is -0.104. The molecular formula is C12H21N5O. The summed E-state index contributed by atoms with van der Waals surface area (Å²) < 4.78 is 1.57. The maximum atomic E-state index is 12.1. The highest BCUT2D eigenvalue weighted by Gasteiger charge is 2.19. The van der Waals surface area contributed by atoms with Crippen molar-refractivity contribution in [2.75, 3.05) is 39.0 Å². The van der Waals surface area contributed by atoms with Gasteiger partial charge < -0.3 is 15.5 Å². The van der Waals surface area contributed by atoms with Crippen molar-refractivity contribution in [2.24, 2.45) is 7.05 Å². The number of nitrogens with zero attached hydrogens (tertiary/aromatic N) is 4. The third kappa shape index (κ3) is 2.81. The van der Waals surface area contributed by atoms with Crippen LogP contribution in [0.1, 0.15) is 23.3 Å². The largest absolute Gasteiger partial charge is 0.396 e. The number of hydrogen-bond acceptors (Lipinski definition) is 4. The zero-order valence-electron chi connectivity index (χ0n) is 11.1. The van der Waals surface area contributed by atoms with E-state index in [-0.39, 0.29) is 5.91 Å². The van der Waals surface area contributed by atoms with Gasteiger partial charge in [0.15, 0.2) is 5.69 Å². The summed E-state index contributed by atoms with van der Waals surface area (Å²) in [6.07, 6.45) is 4.19. The Kier molecular flexibility index (Phi) is 3.86. The Morgan fingerprint density at radius 2 is 2.17 bits per heavy atom. The van der Waals surface area contributed by atoms with E-state index in [1.165, 1.54) is 12.8 Å². The Labute approximate surface area is 107 Å². The van der Waals surface area contributed by atoms with Crippen LogP contribution in [0.5, 0.6) is 0 Å². The summed E-state index contributed by atoms with van der Waals surface area (Å²) in [6, 6.07) is 0. The van der Waals surface area contributed by atoms with Gasteiger partial charge in [0.1, 0.15) is 0 Å². The molecule has 1 aliphatic heterocycles. The molecule has 0 aliphatic carbocycles. The molecule has 1 aromatic rings. The molecule has 6 heteroatoms. The first-order chi connectivity index (χ1) is 8.58. The first-order valence-corrected chi connectivity index (χ1v) is 6.35. The van der Waals surface area contributed by atoms with E-state index in [0.29, 0.717) is 11.4 Å². The monoisotopic (exact) mass is 251 g/mol. The van der Waals surface area contributed by atoms with Gasteiger partial charge in [-0.25, -0.2) is 0 Å². The highest BCUT2D eigenvalue weighted by molar-refractivity contribution is 5.96. The lowest BCUT2D eigenvalue weighted by atomic mass is 10.3. The summed E-state index contributed by atoms with van der Waals surface area (Å²) in [6.45, 7) is 3.94. The molecule has 1 aliphatic rings. The number of carbonyl (C=O) groups excluding carboxylic acids is 1. The van der Waals surface area contributed by atoms with Crippen molar-refractivity contribution < 1.29 is 4.79 Å². The van der Waals surface area contributed by atoms with Crippen molar-refractivity contribution in [1.82, 2.24) is 19.6 Å². The second kappa shape index (κ2) is 5.39. The van der Waals surface area contributed by atoms with Gasteiger partial charge in [0.05, 0.1) is 5.69 Å². The van der Waals surface area contributed by atoms with Crippen LogP contribution < -0.4 is 5.73 Å². The van der Waals surface area contributed by atoms with Crippen LogP contribution >= 0.6 is 0 Å². The van der Waals surface area contributed by atoms with Crippen LogP contribution in [0.15, 0.2) is 6.20 Å². The second-order valence-electron chi connectivity index (χ2n) is 4.88. The van der Waals surface area contributed by atoms with E-state index in [1.54, 1.807) is 29.9 Å². The van der Waals surface area contributed by atoms with Crippen molar-refractivity contribution in [3.8, 4) is 0 Å². The van der Waals surface area contributed by atoms with Gasteiger partial charge in [-0.05, 0) is 25.9 Å². The molecule has 6 nitrogen and oxygen atoms in total. The summed E-state index contributed by atoms with van der Waals surface area (Å²) in [5.41, 5.74) is 6.55. The Morgan fingerprint density at radius 1 is 1.50 bits per heavy atom. The third-order valence-electron chi connectivity index (χ3n) is 3.36. The van der Waals surface area contributed by atoms with Crippen molar-refractivity contribution in [3.05, 3.63) is 11.9 Å². The smallest absolute Gasteiger partial charge is 0.276 e. The van der Waals surface area contributed by atoms with Crippen LogP contribution in [0.4, 0.5) is 5.69 Å². The quantitative estimate of drug-likeness (QED) is 0.828. The molecule has 0 aromatic carbocycles. The summed E-state index contributed by atoms with van der Waals surface area (Å²) in [5.74, 6) is -0.104. The van der Waals surface area contributed by atoms with E-state index < -0.39 is 0 Å². The molecule has 1 aromatic heterocycles. The molecule has 2 N–H and O–H groups in total. The zero-order valence-corrected chi connectivity index (χ0v) is 11.1.